The van der Waals surface area contributed by atoms with Gasteiger partial charge in [0.25, 0.3) is 0 Å². The number of fused-ring (bicyclic) bond motifs is 1. The van der Waals surface area contributed by atoms with Gasteiger partial charge in [0.2, 0.25) is 5.91 Å². The number of hydrazine groups is 1. The van der Waals surface area contributed by atoms with Crippen molar-refractivity contribution in [1.82, 2.24) is 15.8 Å². The van der Waals surface area contributed by atoms with E-state index < -0.39 is 12.1 Å². The average molecular weight is 399 g/mol. The Morgan fingerprint density at radius 1 is 1.07 bits per heavy atom. The molecule has 2 fully saturated rings. The minimum absolute atomic E-state index is 0.0647. The Balaban J connectivity index is 1.71. The molecule has 0 aromatic heterocycles. The van der Waals surface area contributed by atoms with E-state index in [0.29, 0.717) is 37.3 Å². The number of benzene rings is 2. The molecule has 2 aliphatic rings. The topological polar surface area (TPSA) is 73.8 Å². The van der Waals surface area contributed by atoms with Crippen LogP contribution in [0.3, 0.4) is 0 Å². The number of rotatable bonds is 7. The summed E-state index contributed by atoms with van der Waals surface area (Å²) in [4.78, 5) is 15.0. The normalized spacial score (nSPS) is 26.1. The minimum Gasteiger partial charge on any atom is -0.508 e. The number of likely N-dealkylation sites (tertiary alicyclic amines) is 1. The molecule has 154 valence electrons. The third-order valence-corrected chi connectivity index (χ3v) is 5.80. The largest absolute Gasteiger partial charge is 0.508 e. The Morgan fingerprint density at radius 3 is 2.48 bits per heavy atom. The second kappa shape index (κ2) is 8.49. The van der Waals surface area contributed by atoms with Crippen LogP contribution in [-0.4, -0.2) is 41.7 Å². The van der Waals surface area contributed by atoms with Gasteiger partial charge in [-0.2, -0.15) is 0 Å². The molecule has 0 aliphatic carbocycles. The number of aromatic hydroxyl groups is 1. The molecule has 1 amide bonds. The summed E-state index contributed by atoms with van der Waals surface area (Å²) < 4.78 is 20.2. The highest BCUT2D eigenvalue weighted by molar-refractivity contribution is 5.86. The first-order valence-electron chi connectivity index (χ1n) is 10.0. The summed E-state index contributed by atoms with van der Waals surface area (Å²) in [5.41, 5.74) is 7.43. The Morgan fingerprint density at radius 2 is 1.76 bits per heavy atom. The van der Waals surface area contributed by atoms with Crippen molar-refractivity contribution in [3.8, 4) is 5.75 Å². The van der Waals surface area contributed by atoms with Crippen molar-refractivity contribution in [2.24, 2.45) is 5.92 Å². The number of nitrogens with one attached hydrogen (secondary N) is 2. The lowest BCUT2D eigenvalue weighted by atomic mass is 9.83. The van der Waals surface area contributed by atoms with Gasteiger partial charge in [-0.05, 0) is 25.5 Å². The molecule has 2 saturated heterocycles. The smallest absolute Gasteiger partial charge is 0.242 e. The number of ether oxygens (including phenoxy) is 1. The molecule has 2 heterocycles. The second-order valence-electron chi connectivity index (χ2n) is 7.43. The molecule has 6 nitrogen and oxygen atoms in total. The fourth-order valence-corrected chi connectivity index (χ4v) is 4.54. The number of carbonyl (C=O) groups excluding carboxylic acids is 1. The maximum Gasteiger partial charge on any atom is 0.242 e. The Labute approximate surface area is 169 Å². The summed E-state index contributed by atoms with van der Waals surface area (Å²) in [6.45, 7) is 3.59. The third kappa shape index (κ3) is 3.61. The zero-order valence-electron chi connectivity index (χ0n) is 16.3. The zero-order chi connectivity index (χ0) is 20.4. The molecular formula is C22H26FN3O3. The monoisotopic (exact) mass is 399 g/mol. The van der Waals surface area contributed by atoms with Gasteiger partial charge in [0.05, 0.1) is 12.1 Å². The van der Waals surface area contributed by atoms with E-state index in [1.165, 1.54) is 6.07 Å². The summed E-state index contributed by atoms with van der Waals surface area (Å²) in [7, 11) is 0. The molecule has 0 radical (unpaired) electrons. The summed E-state index contributed by atoms with van der Waals surface area (Å²) in [5, 5.41) is 10.4. The van der Waals surface area contributed by atoms with Crippen molar-refractivity contribution in [3.05, 3.63) is 65.5 Å². The van der Waals surface area contributed by atoms with Crippen LogP contribution in [0.4, 0.5) is 4.39 Å². The van der Waals surface area contributed by atoms with Crippen molar-refractivity contribution in [2.45, 2.75) is 31.5 Å². The van der Waals surface area contributed by atoms with Gasteiger partial charge < -0.3 is 14.7 Å². The maximum absolute atomic E-state index is 14.8. The maximum atomic E-state index is 14.8. The van der Waals surface area contributed by atoms with Gasteiger partial charge in [-0.3, -0.25) is 4.79 Å². The van der Waals surface area contributed by atoms with Gasteiger partial charge in [0.1, 0.15) is 17.6 Å². The van der Waals surface area contributed by atoms with Crippen molar-refractivity contribution >= 4 is 5.91 Å². The first-order valence-corrected chi connectivity index (χ1v) is 10.0. The highest BCUT2D eigenvalue weighted by atomic mass is 19.1. The number of amides is 1. The Kier molecular flexibility index (Phi) is 5.80. The van der Waals surface area contributed by atoms with E-state index in [9.17, 15) is 14.3 Å². The summed E-state index contributed by atoms with van der Waals surface area (Å²) in [6, 6.07) is 12.4. The number of phenols is 1. The predicted molar refractivity (Wildman–Crippen MR) is 106 cm³/mol. The average Bonchev–Trinajstić information content (AvgIpc) is 3.26. The molecule has 2 aliphatic heterocycles. The van der Waals surface area contributed by atoms with Crippen LogP contribution < -0.4 is 10.9 Å². The molecule has 4 atom stereocenters. The van der Waals surface area contributed by atoms with E-state index in [2.05, 4.69) is 10.9 Å². The molecule has 29 heavy (non-hydrogen) atoms. The van der Waals surface area contributed by atoms with Crippen LogP contribution in [0.25, 0.3) is 0 Å². The lowest BCUT2D eigenvalue weighted by Crippen LogP contribution is -2.42. The molecule has 4 unspecified atom stereocenters. The van der Waals surface area contributed by atoms with E-state index in [-0.39, 0.29) is 29.4 Å². The third-order valence-electron chi connectivity index (χ3n) is 5.80. The van der Waals surface area contributed by atoms with E-state index in [1.54, 1.807) is 35.2 Å². The van der Waals surface area contributed by atoms with Crippen LogP contribution in [0.1, 0.15) is 36.6 Å². The van der Waals surface area contributed by atoms with Crippen LogP contribution in [0.15, 0.2) is 48.5 Å². The van der Waals surface area contributed by atoms with Crippen LogP contribution in [0, 0.1) is 11.7 Å². The Bertz CT molecular complexity index is 878. The van der Waals surface area contributed by atoms with Gasteiger partial charge in [-0.25, -0.2) is 15.2 Å². The molecule has 0 bridgehead atoms. The molecule has 0 spiro atoms. The van der Waals surface area contributed by atoms with E-state index in [0.717, 1.165) is 0 Å². The lowest BCUT2D eigenvalue weighted by Gasteiger charge is -2.31. The predicted octanol–water partition coefficient (Wildman–Crippen LogP) is 2.68. The van der Waals surface area contributed by atoms with Crippen LogP contribution in [0.2, 0.25) is 0 Å². The van der Waals surface area contributed by atoms with Crippen molar-refractivity contribution < 1.29 is 19.0 Å². The number of hydrogen-bond acceptors (Lipinski definition) is 5. The zero-order valence-corrected chi connectivity index (χ0v) is 16.3. The molecule has 4 rings (SSSR count). The quantitative estimate of drug-likeness (QED) is 0.625. The molecule has 3 N–H and O–H groups in total. The molecule has 2 aromatic rings. The van der Waals surface area contributed by atoms with E-state index in [4.69, 9.17) is 4.74 Å². The van der Waals surface area contributed by atoms with Gasteiger partial charge in [-0.1, -0.05) is 36.4 Å². The van der Waals surface area contributed by atoms with Gasteiger partial charge in [0, 0.05) is 36.8 Å². The number of carbonyl (C=O) groups is 1. The number of phenolic OH excluding ortho intramolecular Hbond substituents is 1. The Hall–Kier alpha value is -2.48. The van der Waals surface area contributed by atoms with Crippen LogP contribution in [0.5, 0.6) is 5.75 Å². The standard InChI is InChI=1S/C22H26FN3O3/c1-2-29-13-7-12-26-21(14-8-3-5-10-16(14)23)18-19(24-25-20(18)22(26)28)15-9-4-6-11-17(15)27/h3-6,8-11,18-21,24-25,27H,2,7,12-13H2,1H3. The molecule has 2 aromatic carbocycles. The van der Waals surface area contributed by atoms with E-state index in [1.807, 2.05) is 19.1 Å². The minimum atomic E-state index is -0.490. The first-order chi connectivity index (χ1) is 14.1. The summed E-state index contributed by atoms with van der Waals surface area (Å²) in [5.74, 6) is -0.504. The van der Waals surface area contributed by atoms with E-state index >= 15 is 0 Å². The summed E-state index contributed by atoms with van der Waals surface area (Å²) >= 11 is 0. The fraction of sp³-hybridized carbons (Fsp3) is 0.409. The van der Waals surface area contributed by atoms with Crippen molar-refractivity contribution in [2.75, 3.05) is 19.8 Å². The first kappa shape index (κ1) is 19.8. The van der Waals surface area contributed by atoms with Gasteiger partial charge in [0.15, 0.2) is 0 Å². The van der Waals surface area contributed by atoms with Crippen LogP contribution >= 0.6 is 0 Å². The number of hydrogen-bond donors (Lipinski definition) is 3. The number of nitrogens with zero attached hydrogens (tertiary/aromatic N) is 1. The van der Waals surface area contributed by atoms with Crippen LogP contribution in [-0.2, 0) is 9.53 Å². The highest BCUT2D eigenvalue weighted by Crippen LogP contribution is 2.48. The number of halogens is 1. The second-order valence-corrected chi connectivity index (χ2v) is 7.43. The molecule has 0 saturated carbocycles. The fourth-order valence-electron chi connectivity index (χ4n) is 4.54. The lowest BCUT2D eigenvalue weighted by molar-refractivity contribution is -0.131. The molecule has 7 heteroatoms. The van der Waals surface area contributed by atoms with Crippen molar-refractivity contribution in [1.29, 1.82) is 0 Å². The highest BCUT2D eigenvalue weighted by Gasteiger charge is 2.56. The SMILES string of the molecule is CCOCCCN1C(=O)C2NNC(c3ccccc3O)C2C1c1ccccc1F. The van der Waals surface area contributed by atoms with Gasteiger partial charge in [-0.15, -0.1) is 0 Å². The van der Waals surface area contributed by atoms with Gasteiger partial charge >= 0.3 is 0 Å². The summed E-state index contributed by atoms with van der Waals surface area (Å²) in [6.07, 6.45) is 0.679. The molecular weight excluding hydrogens is 373 g/mol. The van der Waals surface area contributed by atoms with Crippen molar-refractivity contribution in [3.63, 3.8) is 0 Å². The number of para-hydroxylation sites is 1.